The average Bonchev–Trinajstić information content (AvgIpc) is 3.19. The van der Waals surface area contributed by atoms with E-state index in [0.29, 0.717) is 0 Å². The van der Waals surface area contributed by atoms with E-state index >= 15 is 0 Å². The fourth-order valence-corrected chi connectivity index (χ4v) is 5.43. The molecule has 0 spiro atoms. The lowest BCUT2D eigenvalue weighted by molar-refractivity contribution is 0.0676. The molecule has 1 saturated heterocycles. The van der Waals surface area contributed by atoms with Crippen molar-refractivity contribution in [2.45, 2.75) is 38.3 Å². The van der Waals surface area contributed by atoms with Crippen molar-refractivity contribution in [2.75, 3.05) is 33.3 Å². The Hall–Kier alpha value is -0.580. The van der Waals surface area contributed by atoms with Gasteiger partial charge in [0.2, 0.25) is 0 Å². The van der Waals surface area contributed by atoms with Gasteiger partial charge in [-0.15, -0.1) is 0 Å². The first-order valence-electron chi connectivity index (χ1n) is 9.02. The highest BCUT2D eigenvalue weighted by Crippen LogP contribution is 2.46. The van der Waals surface area contributed by atoms with Gasteiger partial charge in [-0.05, 0) is 49.3 Å². The van der Waals surface area contributed by atoms with Crippen molar-refractivity contribution in [2.24, 2.45) is 11.8 Å². The Kier molecular flexibility index (Phi) is 4.66. The summed E-state index contributed by atoms with van der Waals surface area (Å²) in [5.74, 6) is 3.06. The molecular formula is C19H27BrN2O. The van der Waals surface area contributed by atoms with E-state index in [-0.39, 0.29) is 0 Å². The van der Waals surface area contributed by atoms with Gasteiger partial charge in [0.1, 0.15) is 5.75 Å². The minimum Gasteiger partial charge on any atom is -0.496 e. The van der Waals surface area contributed by atoms with Crippen LogP contribution in [0, 0.1) is 11.8 Å². The van der Waals surface area contributed by atoms with Crippen LogP contribution in [0.5, 0.6) is 5.75 Å². The number of piperazine rings is 1. The van der Waals surface area contributed by atoms with Gasteiger partial charge in [-0.2, -0.15) is 0 Å². The molecule has 0 aromatic heterocycles. The van der Waals surface area contributed by atoms with Crippen LogP contribution in [0.4, 0.5) is 0 Å². The third kappa shape index (κ3) is 3.31. The van der Waals surface area contributed by atoms with Crippen LogP contribution in [0.15, 0.2) is 22.7 Å². The maximum absolute atomic E-state index is 5.52. The maximum atomic E-state index is 5.52. The third-order valence-electron chi connectivity index (χ3n) is 6.21. The van der Waals surface area contributed by atoms with E-state index in [1.165, 1.54) is 57.4 Å². The van der Waals surface area contributed by atoms with E-state index in [1.54, 1.807) is 7.11 Å². The van der Waals surface area contributed by atoms with E-state index in [2.05, 4.69) is 43.9 Å². The van der Waals surface area contributed by atoms with Gasteiger partial charge in [-0.1, -0.05) is 22.4 Å². The molecule has 3 aliphatic rings. The number of benzene rings is 1. The van der Waals surface area contributed by atoms with Gasteiger partial charge in [0, 0.05) is 48.8 Å². The molecular weight excluding hydrogens is 352 g/mol. The minimum atomic E-state index is 0.899. The summed E-state index contributed by atoms with van der Waals surface area (Å²) in [6, 6.07) is 7.21. The number of methoxy groups -OCH3 is 1. The Morgan fingerprint density at radius 2 is 1.96 bits per heavy atom. The number of hydrogen-bond donors (Lipinski definition) is 0. The van der Waals surface area contributed by atoms with E-state index in [9.17, 15) is 0 Å². The van der Waals surface area contributed by atoms with E-state index in [1.807, 2.05) is 0 Å². The second kappa shape index (κ2) is 6.73. The lowest BCUT2D eigenvalue weighted by Gasteiger charge is -2.41. The molecule has 2 aliphatic carbocycles. The monoisotopic (exact) mass is 378 g/mol. The highest BCUT2D eigenvalue weighted by molar-refractivity contribution is 9.10. The van der Waals surface area contributed by atoms with Crippen molar-refractivity contribution < 1.29 is 4.74 Å². The Morgan fingerprint density at radius 3 is 2.61 bits per heavy atom. The molecule has 2 bridgehead atoms. The zero-order valence-electron chi connectivity index (χ0n) is 14.0. The van der Waals surface area contributed by atoms with E-state index in [0.717, 1.165) is 34.6 Å². The fraction of sp³-hybridized carbons (Fsp3) is 0.684. The second-order valence-electron chi connectivity index (χ2n) is 7.51. The maximum Gasteiger partial charge on any atom is 0.123 e. The van der Waals surface area contributed by atoms with Crippen molar-refractivity contribution in [1.29, 1.82) is 0 Å². The molecule has 0 N–H and O–H groups in total. The highest BCUT2D eigenvalue weighted by Gasteiger charge is 2.42. The Bertz CT molecular complexity index is 556. The molecule has 23 heavy (non-hydrogen) atoms. The van der Waals surface area contributed by atoms with Crippen LogP contribution in [0.25, 0.3) is 0 Å². The molecule has 1 aromatic rings. The summed E-state index contributed by atoms with van der Waals surface area (Å²) in [5.41, 5.74) is 1.29. The van der Waals surface area contributed by atoms with Gasteiger partial charge in [-0.25, -0.2) is 0 Å². The molecule has 1 heterocycles. The smallest absolute Gasteiger partial charge is 0.123 e. The molecule has 0 radical (unpaired) electrons. The second-order valence-corrected chi connectivity index (χ2v) is 8.43. The third-order valence-corrected chi connectivity index (χ3v) is 6.71. The van der Waals surface area contributed by atoms with Gasteiger partial charge in [0.15, 0.2) is 0 Å². The Labute approximate surface area is 148 Å². The fourth-order valence-electron chi connectivity index (χ4n) is 5.02. The topological polar surface area (TPSA) is 15.7 Å². The molecule has 0 unspecified atom stereocenters. The number of rotatable bonds is 4. The van der Waals surface area contributed by atoms with Crippen LogP contribution < -0.4 is 4.74 Å². The van der Waals surface area contributed by atoms with Crippen molar-refractivity contribution in [3.05, 3.63) is 28.2 Å². The molecule has 1 aromatic carbocycles. The first-order valence-corrected chi connectivity index (χ1v) is 9.81. The van der Waals surface area contributed by atoms with E-state index < -0.39 is 0 Å². The highest BCUT2D eigenvalue weighted by atomic mass is 79.9. The summed E-state index contributed by atoms with van der Waals surface area (Å²) in [6.45, 7) is 5.84. The van der Waals surface area contributed by atoms with Crippen LogP contribution in [-0.4, -0.2) is 49.1 Å². The van der Waals surface area contributed by atoms with Crippen molar-refractivity contribution in [3.63, 3.8) is 0 Å². The van der Waals surface area contributed by atoms with Gasteiger partial charge < -0.3 is 4.74 Å². The number of halogens is 1. The van der Waals surface area contributed by atoms with Crippen LogP contribution >= 0.6 is 15.9 Å². The molecule has 0 amide bonds. The minimum absolute atomic E-state index is 0.899. The molecule has 3 nitrogen and oxygen atoms in total. The quantitative estimate of drug-likeness (QED) is 0.792. The van der Waals surface area contributed by atoms with Crippen molar-refractivity contribution in [1.82, 2.24) is 9.80 Å². The van der Waals surface area contributed by atoms with Gasteiger partial charge in [0.25, 0.3) is 0 Å². The first kappa shape index (κ1) is 15.9. The SMILES string of the molecule is COc1ccc(Br)cc1CN1CCN([C@@H]2C[C@H]3CC[C@@H]2C3)CC1. The lowest BCUT2D eigenvalue weighted by atomic mass is 9.93. The zero-order chi connectivity index (χ0) is 15.8. The van der Waals surface area contributed by atoms with Crippen molar-refractivity contribution >= 4 is 15.9 Å². The molecule has 1 aliphatic heterocycles. The summed E-state index contributed by atoms with van der Waals surface area (Å²) >= 11 is 3.58. The number of nitrogens with zero attached hydrogens (tertiary/aromatic N) is 2. The molecule has 2 saturated carbocycles. The normalized spacial score (nSPS) is 31.7. The van der Waals surface area contributed by atoms with Gasteiger partial charge >= 0.3 is 0 Å². The summed E-state index contributed by atoms with van der Waals surface area (Å²) in [4.78, 5) is 5.37. The number of hydrogen-bond acceptors (Lipinski definition) is 3. The summed E-state index contributed by atoms with van der Waals surface area (Å²) in [5, 5.41) is 0. The zero-order valence-corrected chi connectivity index (χ0v) is 15.6. The van der Waals surface area contributed by atoms with Crippen LogP contribution in [0.1, 0.15) is 31.2 Å². The lowest BCUT2D eigenvalue weighted by Crippen LogP contribution is -2.51. The van der Waals surface area contributed by atoms with E-state index in [4.69, 9.17) is 4.74 Å². The first-order chi connectivity index (χ1) is 11.2. The molecule has 4 heteroatoms. The van der Waals surface area contributed by atoms with Gasteiger partial charge in [-0.3, -0.25) is 9.80 Å². The molecule has 126 valence electrons. The summed E-state index contributed by atoms with van der Waals surface area (Å²) < 4.78 is 6.65. The van der Waals surface area contributed by atoms with Gasteiger partial charge in [0.05, 0.1) is 7.11 Å². The van der Waals surface area contributed by atoms with Crippen LogP contribution in [-0.2, 0) is 6.54 Å². The summed E-state index contributed by atoms with van der Waals surface area (Å²) in [7, 11) is 1.76. The largest absolute Gasteiger partial charge is 0.496 e. The summed E-state index contributed by atoms with van der Waals surface area (Å²) in [6.07, 6.45) is 5.98. The predicted octanol–water partition coefficient (Wildman–Crippen LogP) is 3.76. The Morgan fingerprint density at radius 1 is 1.13 bits per heavy atom. The Balaban J connectivity index is 1.34. The molecule has 3 fully saturated rings. The number of fused-ring (bicyclic) bond motifs is 2. The van der Waals surface area contributed by atoms with Crippen LogP contribution in [0.3, 0.4) is 0 Å². The van der Waals surface area contributed by atoms with Crippen molar-refractivity contribution in [3.8, 4) is 5.75 Å². The predicted molar refractivity (Wildman–Crippen MR) is 96.8 cm³/mol. The van der Waals surface area contributed by atoms with Crippen LogP contribution in [0.2, 0.25) is 0 Å². The molecule has 3 atom stereocenters. The number of ether oxygens (including phenoxy) is 1. The standard InChI is InChI=1S/C19H27BrN2O/c1-23-19-5-4-17(20)12-16(19)13-21-6-8-22(9-7-21)18-11-14-2-3-15(18)10-14/h4-5,12,14-15,18H,2-3,6-11,13H2,1H3/t14-,15+,18+/m0/s1. The molecule has 4 rings (SSSR count). The average molecular weight is 379 g/mol.